The van der Waals surface area contributed by atoms with Gasteiger partial charge in [-0.05, 0) is 38.5 Å². The number of rotatable bonds is 1. The van der Waals surface area contributed by atoms with Crippen LogP contribution in [0.3, 0.4) is 0 Å². The number of carboxylic acids is 1. The number of hydrogen-bond acceptors (Lipinski definition) is 3. The first kappa shape index (κ1) is 10.3. The van der Waals surface area contributed by atoms with Crippen LogP contribution < -0.4 is 0 Å². The van der Waals surface area contributed by atoms with Crippen LogP contribution in [0, 0.1) is 11.8 Å². The van der Waals surface area contributed by atoms with Crippen LogP contribution >= 0.6 is 0 Å². The lowest BCUT2D eigenvalue weighted by Crippen LogP contribution is -2.27. The Hall–Kier alpha value is -0.870. The van der Waals surface area contributed by atoms with Gasteiger partial charge >= 0.3 is 5.97 Å². The average Bonchev–Trinajstić information content (AvgIpc) is 2.72. The van der Waals surface area contributed by atoms with E-state index < -0.39 is 11.8 Å². The van der Waals surface area contributed by atoms with Crippen LogP contribution in [0.25, 0.3) is 0 Å². The van der Waals surface area contributed by atoms with Crippen LogP contribution in [0.15, 0.2) is 11.6 Å². The minimum atomic E-state index is -0.785. The lowest BCUT2D eigenvalue weighted by molar-refractivity contribution is -0.158. The molecule has 1 N–H and O–H groups in total. The van der Waals surface area contributed by atoms with Crippen molar-refractivity contribution in [2.75, 3.05) is 0 Å². The highest BCUT2D eigenvalue weighted by molar-refractivity contribution is 5.88. The highest BCUT2D eigenvalue weighted by atomic mass is 16.8. The molecule has 3 rings (SSSR count). The quantitative estimate of drug-likeness (QED) is 0.734. The van der Waals surface area contributed by atoms with Gasteiger partial charge in [-0.2, -0.15) is 0 Å². The second kappa shape index (κ2) is 3.08. The molecular formula is C12H16O4. The summed E-state index contributed by atoms with van der Waals surface area (Å²) in [6.07, 6.45) is 3.60. The fourth-order valence-electron chi connectivity index (χ4n) is 3.38. The maximum absolute atomic E-state index is 11.0. The molecule has 1 aliphatic heterocycles. The molecule has 4 heteroatoms. The number of hydrogen-bond donors (Lipinski definition) is 1. The largest absolute Gasteiger partial charge is 0.478 e. The Morgan fingerprint density at radius 3 is 2.94 bits per heavy atom. The van der Waals surface area contributed by atoms with Gasteiger partial charge in [0, 0.05) is 5.57 Å². The standard InChI is InChI=1S/C12H16O4/c1-12(2)15-9-5-8-6(10(9)16-12)3-4-7(8)11(13)14/h4,6,8-10H,3,5H2,1-2H3,(H,13,14)/t6-,8-,9-,10+/m1/s1. The van der Waals surface area contributed by atoms with E-state index >= 15 is 0 Å². The van der Waals surface area contributed by atoms with Crippen molar-refractivity contribution in [3.8, 4) is 0 Å². The van der Waals surface area contributed by atoms with Gasteiger partial charge in [-0.25, -0.2) is 4.79 Å². The number of allylic oxidation sites excluding steroid dienone is 1. The van der Waals surface area contributed by atoms with Crippen molar-refractivity contribution in [3.05, 3.63) is 11.6 Å². The summed E-state index contributed by atoms with van der Waals surface area (Å²) >= 11 is 0. The van der Waals surface area contributed by atoms with E-state index in [1.807, 2.05) is 19.9 Å². The molecule has 1 saturated carbocycles. The van der Waals surface area contributed by atoms with Crippen molar-refractivity contribution in [3.63, 3.8) is 0 Å². The molecule has 0 aromatic rings. The summed E-state index contributed by atoms with van der Waals surface area (Å²) in [6, 6.07) is 0. The van der Waals surface area contributed by atoms with Crippen LogP contribution in [-0.4, -0.2) is 29.1 Å². The van der Waals surface area contributed by atoms with Crippen LogP contribution in [0.5, 0.6) is 0 Å². The van der Waals surface area contributed by atoms with Crippen molar-refractivity contribution >= 4 is 5.97 Å². The number of carboxylic acid groups (broad SMARTS) is 1. The number of fused-ring (bicyclic) bond motifs is 3. The third-order valence-electron chi connectivity index (χ3n) is 3.90. The Kier molecular flexibility index (Phi) is 1.98. The molecule has 4 nitrogen and oxygen atoms in total. The van der Waals surface area contributed by atoms with Crippen molar-refractivity contribution in [1.82, 2.24) is 0 Å². The zero-order valence-corrected chi connectivity index (χ0v) is 9.47. The first-order valence-electron chi connectivity index (χ1n) is 5.77. The van der Waals surface area contributed by atoms with Crippen molar-refractivity contribution in [2.45, 2.75) is 44.7 Å². The lowest BCUT2D eigenvalue weighted by Gasteiger charge is -2.22. The molecule has 3 aliphatic rings. The summed E-state index contributed by atoms with van der Waals surface area (Å²) in [5, 5.41) is 9.08. The van der Waals surface area contributed by atoms with E-state index in [2.05, 4.69) is 0 Å². The Morgan fingerprint density at radius 2 is 2.25 bits per heavy atom. The highest BCUT2D eigenvalue weighted by Gasteiger charge is 2.55. The normalized spacial score (nSPS) is 44.0. The van der Waals surface area contributed by atoms with E-state index in [0.717, 1.165) is 12.8 Å². The molecule has 16 heavy (non-hydrogen) atoms. The van der Waals surface area contributed by atoms with Gasteiger partial charge in [-0.3, -0.25) is 0 Å². The zero-order valence-electron chi connectivity index (χ0n) is 9.47. The Labute approximate surface area is 94.2 Å². The van der Waals surface area contributed by atoms with Gasteiger partial charge in [0.25, 0.3) is 0 Å². The molecular weight excluding hydrogens is 208 g/mol. The Bertz CT molecular complexity index is 371. The molecule has 1 heterocycles. The number of ether oxygens (including phenoxy) is 2. The predicted octanol–water partition coefficient (Wildman–Crippen LogP) is 1.56. The zero-order chi connectivity index (χ0) is 11.5. The van der Waals surface area contributed by atoms with Gasteiger partial charge in [0.2, 0.25) is 0 Å². The monoisotopic (exact) mass is 224 g/mol. The molecule has 0 bridgehead atoms. The van der Waals surface area contributed by atoms with Gasteiger partial charge < -0.3 is 14.6 Å². The van der Waals surface area contributed by atoms with Crippen LogP contribution in [-0.2, 0) is 14.3 Å². The summed E-state index contributed by atoms with van der Waals surface area (Å²) in [6.45, 7) is 3.83. The van der Waals surface area contributed by atoms with Crippen LogP contribution in [0.4, 0.5) is 0 Å². The topological polar surface area (TPSA) is 55.8 Å². The van der Waals surface area contributed by atoms with E-state index in [4.69, 9.17) is 14.6 Å². The van der Waals surface area contributed by atoms with E-state index in [1.54, 1.807) is 0 Å². The van der Waals surface area contributed by atoms with Crippen LogP contribution in [0.2, 0.25) is 0 Å². The molecule has 0 spiro atoms. The van der Waals surface area contributed by atoms with Gasteiger partial charge in [-0.1, -0.05) is 6.08 Å². The minimum absolute atomic E-state index is 0.0769. The Balaban J connectivity index is 1.81. The van der Waals surface area contributed by atoms with Gasteiger partial charge in [0.1, 0.15) is 0 Å². The molecule has 2 fully saturated rings. The summed E-state index contributed by atoms with van der Waals surface area (Å²) in [7, 11) is 0. The third kappa shape index (κ3) is 1.33. The van der Waals surface area contributed by atoms with Gasteiger partial charge in [0.15, 0.2) is 5.79 Å². The average molecular weight is 224 g/mol. The lowest BCUT2D eigenvalue weighted by atomic mass is 9.94. The van der Waals surface area contributed by atoms with Gasteiger partial charge in [0.05, 0.1) is 12.2 Å². The second-order valence-electron chi connectivity index (χ2n) is 5.34. The summed E-state index contributed by atoms with van der Waals surface area (Å²) in [4.78, 5) is 11.0. The maximum Gasteiger partial charge on any atom is 0.331 e. The number of carbonyl (C=O) groups is 1. The summed E-state index contributed by atoms with van der Waals surface area (Å²) < 4.78 is 11.7. The maximum atomic E-state index is 11.0. The van der Waals surface area contributed by atoms with E-state index in [0.29, 0.717) is 11.5 Å². The van der Waals surface area contributed by atoms with E-state index in [1.165, 1.54) is 0 Å². The molecule has 0 radical (unpaired) electrons. The van der Waals surface area contributed by atoms with Crippen molar-refractivity contribution in [2.24, 2.45) is 11.8 Å². The minimum Gasteiger partial charge on any atom is -0.478 e. The smallest absolute Gasteiger partial charge is 0.331 e. The first-order chi connectivity index (χ1) is 7.48. The second-order valence-corrected chi connectivity index (χ2v) is 5.34. The third-order valence-corrected chi connectivity index (χ3v) is 3.90. The molecule has 2 aliphatic carbocycles. The van der Waals surface area contributed by atoms with Gasteiger partial charge in [-0.15, -0.1) is 0 Å². The predicted molar refractivity (Wildman–Crippen MR) is 55.8 cm³/mol. The fraction of sp³-hybridized carbons (Fsp3) is 0.750. The van der Waals surface area contributed by atoms with Crippen molar-refractivity contribution in [1.29, 1.82) is 0 Å². The summed E-state index contributed by atoms with van der Waals surface area (Å²) in [5.74, 6) is -0.861. The molecule has 88 valence electrons. The first-order valence-corrected chi connectivity index (χ1v) is 5.77. The molecule has 0 aromatic carbocycles. The molecule has 4 atom stereocenters. The summed E-state index contributed by atoms with van der Waals surface area (Å²) in [5.41, 5.74) is 0.560. The van der Waals surface area contributed by atoms with E-state index in [-0.39, 0.29) is 18.1 Å². The Morgan fingerprint density at radius 1 is 1.50 bits per heavy atom. The molecule has 0 amide bonds. The molecule has 0 unspecified atom stereocenters. The van der Waals surface area contributed by atoms with E-state index in [9.17, 15) is 4.79 Å². The fourth-order valence-corrected chi connectivity index (χ4v) is 3.38. The SMILES string of the molecule is CC1(C)O[C@H]2[C@@H]3CC=C(C(=O)O)[C@@H]3C[C@H]2O1. The molecule has 1 saturated heterocycles. The van der Waals surface area contributed by atoms with Crippen LogP contribution in [0.1, 0.15) is 26.7 Å². The van der Waals surface area contributed by atoms with Crippen molar-refractivity contribution < 1.29 is 19.4 Å². The number of aliphatic carboxylic acids is 1. The molecule has 0 aromatic heterocycles. The highest BCUT2D eigenvalue weighted by Crippen LogP contribution is 2.51.